The van der Waals surface area contributed by atoms with Crippen LogP contribution in [-0.4, -0.2) is 5.78 Å². The summed E-state index contributed by atoms with van der Waals surface area (Å²) in [6, 6.07) is 4.69. The maximum Gasteiger partial charge on any atom is 0.171 e. The molecular weight excluding hydrogens is 179 g/mol. The van der Waals surface area contributed by atoms with Crippen LogP contribution in [0.25, 0.3) is 0 Å². The first kappa shape index (κ1) is 9.38. The molecule has 1 aliphatic carbocycles. The van der Waals surface area contributed by atoms with Crippen LogP contribution in [0, 0.1) is 18.2 Å². The second kappa shape index (κ2) is 2.91. The van der Waals surface area contributed by atoms with Crippen LogP contribution >= 0.6 is 0 Å². The van der Waals surface area contributed by atoms with Crippen molar-refractivity contribution in [3.8, 4) is 0 Å². The summed E-state index contributed by atoms with van der Waals surface area (Å²) >= 11 is 0. The Balaban J connectivity index is 2.40. The van der Waals surface area contributed by atoms with Gasteiger partial charge in [-0.05, 0) is 31.9 Å². The van der Waals surface area contributed by atoms with E-state index in [2.05, 4.69) is 0 Å². The van der Waals surface area contributed by atoms with E-state index < -0.39 is 5.82 Å². The highest BCUT2D eigenvalue weighted by Gasteiger charge is 2.45. The minimum absolute atomic E-state index is 0.0429. The van der Waals surface area contributed by atoms with Gasteiger partial charge in [-0.3, -0.25) is 4.79 Å². The molecule has 0 aliphatic heterocycles. The molecule has 2 rings (SSSR count). The van der Waals surface area contributed by atoms with Crippen molar-refractivity contribution in [2.24, 2.45) is 5.41 Å². The molecule has 0 aromatic heterocycles. The lowest BCUT2D eigenvalue weighted by molar-refractivity contribution is 0.0908. The van der Waals surface area contributed by atoms with E-state index in [0.29, 0.717) is 0 Å². The highest BCUT2D eigenvalue weighted by Crippen LogP contribution is 2.47. The molecule has 0 bridgehead atoms. The van der Waals surface area contributed by atoms with Gasteiger partial charge >= 0.3 is 0 Å². The molecule has 0 saturated heterocycles. The van der Waals surface area contributed by atoms with Crippen molar-refractivity contribution < 1.29 is 9.18 Å². The third kappa shape index (κ3) is 1.45. The van der Waals surface area contributed by atoms with Crippen molar-refractivity contribution in [2.75, 3.05) is 0 Å². The number of rotatable bonds is 2. The number of halogens is 1. The van der Waals surface area contributed by atoms with Gasteiger partial charge in [-0.25, -0.2) is 4.39 Å². The second-order valence-corrected chi connectivity index (χ2v) is 4.37. The van der Waals surface area contributed by atoms with Crippen LogP contribution in [-0.2, 0) is 0 Å². The first-order chi connectivity index (χ1) is 6.53. The van der Waals surface area contributed by atoms with Crippen molar-refractivity contribution in [1.82, 2.24) is 0 Å². The molecule has 0 radical (unpaired) electrons. The number of ketones is 1. The minimum Gasteiger partial charge on any atom is -0.293 e. The molecule has 0 amide bonds. The van der Waals surface area contributed by atoms with E-state index >= 15 is 0 Å². The summed E-state index contributed by atoms with van der Waals surface area (Å²) in [4.78, 5) is 11.9. The number of carbonyl (C=O) groups is 1. The molecular formula is C12H13FO. The molecule has 74 valence electrons. The van der Waals surface area contributed by atoms with Crippen LogP contribution in [0.5, 0.6) is 0 Å². The lowest BCUT2D eigenvalue weighted by Gasteiger charge is -2.08. The van der Waals surface area contributed by atoms with Gasteiger partial charge in [-0.2, -0.15) is 0 Å². The Bertz CT molecular complexity index is 391. The van der Waals surface area contributed by atoms with Crippen molar-refractivity contribution >= 4 is 5.78 Å². The van der Waals surface area contributed by atoms with Gasteiger partial charge in [0.1, 0.15) is 5.82 Å². The van der Waals surface area contributed by atoms with Gasteiger partial charge in [0.2, 0.25) is 0 Å². The molecule has 14 heavy (non-hydrogen) atoms. The van der Waals surface area contributed by atoms with Gasteiger partial charge in [0.25, 0.3) is 0 Å². The zero-order valence-electron chi connectivity index (χ0n) is 8.43. The molecule has 0 heterocycles. The highest BCUT2D eigenvalue weighted by molar-refractivity contribution is 6.02. The van der Waals surface area contributed by atoms with Crippen LogP contribution < -0.4 is 0 Å². The van der Waals surface area contributed by atoms with E-state index in [4.69, 9.17) is 0 Å². The van der Waals surface area contributed by atoms with Gasteiger partial charge in [-0.1, -0.05) is 18.6 Å². The first-order valence-electron chi connectivity index (χ1n) is 4.84. The zero-order valence-corrected chi connectivity index (χ0v) is 8.43. The number of carbonyl (C=O) groups excluding carboxylic acids is 1. The molecule has 0 unspecified atom stereocenters. The predicted molar refractivity (Wildman–Crippen MR) is 52.8 cm³/mol. The Morgan fingerprint density at radius 2 is 2.07 bits per heavy atom. The Labute approximate surface area is 82.9 Å². The van der Waals surface area contributed by atoms with Gasteiger partial charge in [-0.15, -0.1) is 0 Å². The summed E-state index contributed by atoms with van der Waals surface area (Å²) in [5, 5.41) is 0. The summed E-state index contributed by atoms with van der Waals surface area (Å²) in [6.45, 7) is 3.77. The van der Waals surface area contributed by atoms with Gasteiger partial charge in [0.15, 0.2) is 5.78 Å². The average Bonchev–Trinajstić information content (AvgIpc) is 2.88. The third-order valence-corrected chi connectivity index (χ3v) is 2.91. The largest absolute Gasteiger partial charge is 0.293 e. The number of hydrogen-bond acceptors (Lipinski definition) is 1. The maximum absolute atomic E-state index is 13.4. The first-order valence-corrected chi connectivity index (χ1v) is 4.84. The number of aryl methyl sites for hydroxylation is 1. The lowest BCUT2D eigenvalue weighted by atomic mass is 9.95. The summed E-state index contributed by atoms with van der Waals surface area (Å²) < 4.78 is 13.4. The molecule has 1 aromatic carbocycles. The second-order valence-electron chi connectivity index (χ2n) is 4.37. The molecule has 1 fully saturated rings. The van der Waals surface area contributed by atoms with E-state index in [1.807, 2.05) is 13.8 Å². The van der Waals surface area contributed by atoms with Crippen LogP contribution in [0.3, 0.4) is 0 Å². The fourth-order valence-corrected chi connectivity index (χ4v) is 1.55. The fourth-order valence-electron chi connectivity index (χ4n) is 1.55. The number of Topliss-reactive ketones (excluding diaryl/α,β-unsaturated/α-hetero) is 1. The molecule has 2 heteroatoms. The van der Waals surface area contributed by atoms with Crippen molar-refractivity contribution in [2.45, 2.75) is 26.7 Å². The molecule has 1 nitrogen and oxygen atoms in total. The Hall–Kier alpha value is -1.18. The predicted octanol–water partition coefficient (Wildman–Crippen LogP) is 3.12. The van der Waals surface area contributed by atoms with Gasteiger partial charge < -0.3 is 0 Å². The maximum atomic E-state index is 13.4. The van der Waals surface area contributed by atoms with E-state index in [0.717, 1.165) is 18.4 Å². The number of hydrogen-bond donors (Lipinski definition) is 0. The standard InChI is InChI=1S/C12H13FO/c1-8-3-4-10(13)9(7-8)11(14)12(2)5-6-12/h3-4,7H,5-6H2,1-2H3. The zero-order chi connectivity index (χ0) is 10.3. The smallest absolute Gasteiger partial charge is 0.171 e. The van der Waals surface area contributed by atoms with Crippen molar-refractivity contribution in [1.29, 1.82) is 0 Å². The highest BCUT2D eigenvalue weighted by atomic mass is 19.1. The minimum atomic E-state index is -0.395. The Morgan fingerprint density at radius 1 is 1.43 bits per heavy atom. The van der Waals surface area contributed by atoms with Crippen LogP contribution in [0.4, 0.5) is 4.39 Å². The molecule has 0 spiro atoms. The third-order valence-electron chi connectivity index (χ3n) is 2.91. The SMILES string of the molecule is Cc1ccc(F)c(C(=O)C2(C)CC2)c1. The lowest BCUT2D eigenvalue weighted by Crippen LogP contribution is -2.13. The van der Waals surface area contributed by atoms with E-state index in [1.165, 1.54) is 6.07 Å². The van der Waals surface area contributed by atoms with Crippen molar-refractivity contribution in [3.63, 3.8) is 0 Å². The average molecular weight is 192 g/mol. The summed E-state index contributed by atoms with van der Waals surface area (Å²) in [7, 11) is 0. The van der Waals surface area contributed by atoms with Gasteiger partial charge in [0, 0.05) is 5.41 Å². The van der Waals surface area contributed by atoms with E-state index in [1.54, 1.807) is 12.1 Å². The normalized spacial score (nSPS) is 17.9. The van der Waals surface area contributed by atoms with E-state index in [-0.39, 0.29) is 16.8 Å². The van der Waals surface area contributed by atoms with Crippen LogP contribution in [0.1, 0.15) is 35.7 Å². The Kier molecular flexibility index (Phi) is 1.95. The van der Waals surface area contributed by atoms with Crippen LogP contribution in [0.15, 0.2) is 18.2 Å². The number of benzene rings is 1. The van der Waals surface area contributed by atoms with E-state index in [9.17, 15) is 9.18 Å². The molecule has 0 N–H and O–H groups in total. The molecule has 1 saturated carbocycles. The monoisotopic (exact) mass is 192 g/mol. The molecule has 0 atom stereocenters. The van der Waals surface area contributed by atoms with Crippen LogP contribution in [0.2, 0.25) is 0 Å². The summed E-state index contributed by atoms with van der Waals surface area (Å²) in [6.07, 6.45) is 1.78. The van der Waals surface area contributed by atoms with Gasteiger partial charge in [0.05, 0.1) is 5.56 Å². The fraction of sp³-hybridized carbons (Fsp3) is 0.417. The summed E-state index contributed by atoms with van der Waals surface area (Å²) in [5.41, 5.74) is 0.901. The molecule has 1 aliphatic rings. The topological polar surface area (TPSA) is 17.1 Å². The quantitative estimate of drug-likeness (QED) is 0.658. The Morgan fingerprint density at radius 3 is 2.64 bits per heavy atom. The molecule has 1 aromatic rings. The van der Waals surface area contributed by atoms with Crippen molar-refractivity contribution in [3.05, 3.63) is 35.1 Å². The summed E-state index contributed by atoms with van der Waals surface area (Å²) in [5.74, 6) is -0.438.